The van der Waals surface area contributed by atoms with Crippen molar-refractivity contribution in [3.05, 3.63) is 33.4 Å². The molecule has 4 nitrogen and oxygen atoms in total. The van der Waals surface area contributed by atoms with E-state index in [1.807, 2.05) is 6.92 Å². The Hall–Kier alpha value is -1.84. The quantitative estimate of drug-likeness (QED) is 0.558. The van der Waals surface area contributed by atoms with Crippen LogP contribution in [0.3, 0.4) is 0 Å². The molecular weight excluding hydrogens is 364 g/mol. The maximum Gasteiger partial charge on any atom is 0.336 e. The Labute approximate surface area is 174 Å². The molecule has 1 aromatic rings. The van der Waals surface area contributed by atoms with Crippen LogP contribution in [0.2, 0.25) is 0 Å². The number of hydrogen-bond acceptors (Lipinski definition) is 2. The van der Waals surface area contributed by atoms with E-state index in [0.29, 0.717) is 29.0 Å². The molecule has 4 heteroatoms. The van der Waals surface area contributed by atoms with Gasteiger partial charge in [-0.25, -0.2) is 9.59 Å². The first-order valence-electron chi connectivity index (χ1n) is 11.5. The topological polar surface area (TPSA) is 74.6 Å². The second-order valence-corrected chi connectivity index (χ2v) is 9.56. The molecule has 29 heavy (non-hydrogen) atoms. The summed E-state index contributed by atoms with van der Waals surface area (Å²) in [4.78, 5) is 25.0. The van der Waals surface area contributed by atoms with Crippen LogP contribution < -0.4 is 0 Å². The lowest BCUT2D eigenvalue weighted by Crippen LogP contribution is -2.24. The van der Waals surface area contributed by atoms with Crippen LogP contribution in [0.25, 0.3) is 0 Å². The molecule has 0 atom stereocenters. The summed E-state index contributed by atoms with van der Waals surface area (Å²) in [5.41, 5.74) is 4.06. The van der Waals surface area contributed by atoms with Crippen molar-refractivity contribution in [3.63, 3.8) is 0 Å². The summed E-state index contributed by atoms with van der Waals surface area (Å²) in [5.74, 6) is -1.25. The fraction of sp³-hybridized carbons (Fsp3) is 0.680. The molecule has 3 rings (SSSR count). The van der Waals surface area contributed by atoms with Crippen molar-refractivity contribution >= 4 is 11.9 Å². The minimum atomic E-state index is -0.960. The average molecular weight is 401 g/mol. The minimum absolute atomic E-state index is 0.0472. The SMILES string of the molecule is Cc1c(C(=O)O)c(C2CCCCC2)c(C(=O)O)c(CC(C)C)c1C1CCCCC1. The van der Waals surface area contributed by atoms with Gasteiger partial charge in [0, 0.05) is 0 Å². The largest absolute Gasteiger partial charge is 0.478 e. The van der Waals surface area contributed by atoms with E-state index in [-0.39, 0.29) is 11.8 Å². The predicted octanol–water partition coefficient (Wildman–Crippen LogP) is 6.69. The van der Waals surface area contributed by atoms with Gasteiger partial charge in [-0.1, -0.05) is 52.4 Å². The summed E-state index contributed by atoms with van der Waals surface area (Å²) in [6.07, 6.45) is 11.3. The molecule has 0 heterocycles. The average Bonchev–Trinajstić information content (AvgIpc) is 2.68. The van der Waals surface area contributed by atoms with Gasteiger partial charge in [-0.15, -0.1) is 0 Å². The van der Waals surface area contributed by atoms with Gasteiger partial charge in [0.2, 0.25) is 0 Å². The van der Waals surface area contributed by atoms with Crippen molar-refractivity contribution in [1.82, 2.24) is 0 Å². The second kappa shape index (κ2) is 9.32. The number of carbonyl (C=O) groups is 2. The maximum absolute atomic E-state index is 12.6. The van der Waals surface area contributed by atoms with Crippen LogP contribution in [0.4, 0.5) is 0 Å². The molecule has 2 saturated carbocycles. The van der Waals surface area contributed by atoms with Gasteiger partial charge in [-0.2, -0.15) is 0 Å². The van der Waals surface area contributed by atoms with Crippen LogP contribution >= 0.6 is 0 Å². The highest BCUT2D eigenvalue weighted by Gasteiger charge is 2.35. The summed E-state index contributed by atoms with van der Waals surface area (Å²) in [7, 11) is 0. The summed E-state index contributed by atoms with van der Waals surface area (Å²) in [5, 5.41) is 20.5. The minimum Gasteiger partial charge on any atom is -0.478 e. The van der Waals surface area contributed by atoms with Crippen molar-refractivity contribution < 1.29 is 19.8 Å². The van der Waals surface area contributed by atoms with Crippen LogP contribution in [-0.4, -0.2) is 22.2 Å². The van der Waals surface area contributed by atoms with Gasteiger partial charge in [0.1, 0.15) is 0 Å². The van der Waals surface area contributed by atoms with E-state index in [4.69, 9.17) is 0 Å². The summed E-state index contributed by atoms with van der Waals surface area (Å²) >= 11 is 0. The van der Waals surface area contributed by atoms with E-state index < -0.39 is 11.9 Å². The highest BCUT2D eigenvalue weighted by Crippen LogP contribution is 2.45. The Balaban J connectivity index is 2.33. The maximum atomic E-state index is 12.6. The van der Waals surface area contributed by atoms with Gasteiger partial charge in [0.05, 0.1) is 11.1 Å². The molecule has 0 aromatic heterocycles. The van der Waals surface area contributed by atoms with E-state index >= 15 is 0 Å². The molecule has 2 N–H and O–H groups in total. The third-order valence-corrected chi connectivity index (χ3v) is 7.01. The zero-order valence-electron chi connectivity index (χ0n) is 18.2. The first-order chi connectivity index (χ1) is 13.8. The predicted molar refractivity (Wildman–Crippen MR) is 115 cm³/mol. The Kier molecular flexibility index (Phi) is 7.02. The summed E-state index contributed by atoms with van der Waals surface area (Å²) in [6, 6.07) is 0. The zero-order chi connectivity index (χ0) is 21.1. The zero-order valence-corrected chi connectivity index (χ0v) is 18.2. The molecule has 0 bridgehead atoms. The van der Waals surface area contributed by atoms with Crippen LogP contribution in [0.1, 0.15) is 133 Å². The molecule has 2 aliphatic rings. The van der Waals surface area contributed by atoms with Gasteiger partial charge in [-0.3, -0.25) is 0 Å². The van der Waals surface area contributed by atoms with E-state index in [2.05, 4.69) is 13.8 Å². The van der Waals surface area contributed by atoms with Gasteiger partial charge in [-0.05, 0) is 79.0 Å². The molecule has 0 amide bonds. The highest BCUT2D eigenvalue weighted by molar-refractivity contribution is 6.00. The molecule has 0 aliphatic heterocycles. The van der Waals surface area contributed by atoms with Crippen LogP contribution in [0.15, 0.2) is 0 Å². The van der Waals surface area contributed by atoms with E-state index in [1.165, 1.54) is 6.42 Å². The van der Waals surface area contributed by atoms with Crippen molar-refractivity contribution in [1.29, 1.82) is 0 Å². The first-order valence-corrected chi connectivity index (χ1v) is 11.5. The lowest BCUT2D eigenvalue weighted by Gasteiger charge is -2.33. The lowest BCUT2D eigenvalue weighted by molar-refractivity contribution is 0.0691. The van der Waals surface area contributed by atoms with Gasteiger partial charge in [0.25, 0.3) is 0 Å². The fourth-order valence-electron chi connectivity index (χ4n) is 5.87. The molecule has 0 saturated heterocycles. The summed E-state index contributed by atoms with van der Waals surface area (Å²) in [6.45, 7) is 6.18. The number of hydrogen-bond donors (Lipinski definition) is 2. The number of carboxylic acids is 2. The van der Waals surface area contributed by atoms with Crippen LogP contribution in [0.5, 0.6) is 0 Å². The molecule has 2 fully saturated rings. The van der Waals surface area contributed by atoms with Gasteiger partial charge >= 0.3 is 11.9 Å². The first kappa shape index (κ1) is 21.9. The van der Waals surface area contributed by atoms with Crippen molar-refractivity contribution in [2.24, 2.45) is 5.92 Å². The Bertz CT molecular complexity index is 766. The summed E-state index contributed by atoms with van der Waals surface area (Å²) < 4.78 is 0. The Morgan fingerprint density at radius 1 is 0.793 bits per heavy atom. The standard InChI is InChI=1S/C25H36O4/c1-15(2)14-19-20(17-10-6-4-7-11-17)16(3)21(24(26)27)22(23(19)25(28)29)18-12-8-5-9-13-18/h15,17-18H,4-14H2,1-3H3,(H,26,27)(H,28,29). The second-order valence-electron chi connectivity index (χ2n) is 9.56. The smallest absolute Gasteiger partial charge is 0.336 e. The molecule has 1 aromatic carbocycles. The monoisotopic (exact) mass is 400 g/mol. The Morgan fingerprint density at radius 3 is 1.66 bits per heavy atom. The molecule has 160 valence electrons. The van der Waals surface area contributed by atoms with Crippen LogP contribution in [0, 0.1) is 12.8 Å². The number of benzene rings is 1. The normalized spacial score (nSPS) is 18.9. The highest BCUT2D eigenvalue weighted by atomic mass is 16.4. The molecular formula is C25H36O4. The van der Waals surface area contributed by atoms with Crippen LogP contribution in [-0.2, 0) is 6.42 Å². The van der Waals surface area contributed by atoms with E-state index in [1.54, 1.807) is 0 Å². The van der Waals surface area contributed by atoms with Gasteiger partial charge in [0.15, 0.2) is 0 Å². The number of carboxylic acid groups (broad SMARTS) is 2. The molecule has 0 radical (unpaired) electrons. The third-order valence-electron chi connectivity index (χ3n) is 7.01. The van der Waals surface area contributed by atoms with E-state index in [9.17, 15) is 19.8 Å². The van der Waals surface area contributed by atoms with Crippen molar-refractivity contribution in [3.8, 4) is 0 Å². The lowest BCUT2D eigenvalue weighted by atomic mass is 9.71. The molecule has 2 aliphatic carbocycles. The third kappa shape index (κ3) is 4.51. The molecule has 0 spiro atoms. The number of rotatable bonds is 6. The van der Waals surface area contributed by atoms with Gasteiger partial charge < -0.3 is 10.2 Å². The fourth-order valence-corrected chi connectivity index (χ4v) is 5.87. The van der Waals surface area contributed by atoms with E-state index in [0.717, 1.165) is 74.5 Å². The van der Waals surface area contributed by atoms with Crippen molar-refractivity contribution in [2.45, 2.75) is 103 Å². The van der Waals surface area contributed by atoms with Crippen molar-refractivity contribution in [2.75, 3.05) is 0 Å². The number of aromatic carboxylic acids is 2. The Morgan fingerprint density at radius 2 is 1.24 bits per heavy atom. The molecule has 0 unspecified atom stereocenters.